The number of fused-ring (bicyclic) bond motifs is 3. The Balaban J connectivity index is 2.00. The van der Waals surface area contributed by atoms with E-state index in [-0.39, 0.29) is 22.9 Å². The largest absolute Gasteiger partial charge is 0.469 e. The molecule has 134 valence electrons. The Labute approximate surface area is 146 Å². The van der Waals surface area contributed by atoms with Gasteiger partial charge >= 0.3 is 5.97 Å². The topological polar surface area (TPSA) is 46.5 Å². The molecule has 0 aliphatic heterocycles. The number of esters is 1. The average Bonchev–Trinajstić information content (AvgIpc) is 2.55. The summed E-state index contributed by atoms with van der Waals surface area (Å²) >= 11 is 0. The van der Waals surface area contributed by atoms with Crippen molar-refractivity contribution in [2.75, 3.05) is 7.11 Å². The van der Waals surface area contributed by atoms with Gasteiger partial charge in [-0.2, -0.15) is 0 Å². The molecule has 6 atom stereocenters. The summed E-state index contributed by atoms with van der Waals surface area (Å²) in [5, 5.41) is 10.8. The van der Waals surface area contributed by atoms with Gasteiger partial charge in [0.15, 0.2) is 0 Å². The first-order valence-electron chi connectivity index (χ1n) is 9.30. The van der Waals surface area contributed by atoms with Crippen molar-refractivity contribution in [3.8, 4) is 0 Å². The number of aliphatic hydroxyl groups is 1. The Morgan fingerprint density at radius 1 is 1.38 bits per heavy atom. The van der Waals surface area contributed by atoms with Crippen LogP contribution in [0.5, 0.6) is 0 Å². The second-order valence-electron chi connectivity index (χ2n) is 9.03. The smallest absolute Gasteiger partial charge is 0.311 e. The zero-order valence-electron chi connectivity index (χ0n) is 15.6. The molecule has 24 heavy (non-hydrogen) atoms. The molecular weight excluding hydrogens is 300 g/mol. The zero-order chi connectivity index (χ0) is 17.8. The predicted molar refractivity (Wildman–Crippen MR) is 95.3 cm³/mol. The molecule has 3 aliphatic rings. The van der Waals surface area contributed by atoms with E-state index in [1.165, 1.54) is 12.7 Å². The summed E-state index contributed by atoms with van der Waals surface area (Å²) in [6, 6.07) is 0. The van der Waals surface area contributed by atoms with E-state index in [0.29, 0.717) is 11.8 Å². The lowest BCUT2D eigenvalue weighted by atomic mass is 9.45. The van der Waals surface area contributed by atoms with E-state index in [4.69, 9.17) is 4.74 Å². The number of methoxy groups -OCH3 is 1. The van der Waals surface area contributed by atoms with Gasteiger partial charge in [-0.3, -0.25) is 4.79 Å². The highest BCUT2D eigenvalue weighted by Crippen LogP contribution is 2.63. The minimum Gasteiger partial charge on any atom is -0.469 e. The van der Waals surface area contributed by atoms with Crippen molar-refractivity contribution < 1.29 is 14.6 Å². The molecule has 0 aromatic rings. The summed E-state index contributed by atoms with van der Waals surface area (Å²) in [6.45, 7) is 10.5. The fourth-order valence-electron chi connectivity index (χ4n) is 6.05. The number of carbonyl (C=O) groups excluding carboxylic acids is 1. The third-order valence-electron chi connectivity index (χ3n) is 7.76. The number of rotatable bonds is 2. The second kappa shape index (κ2) is 5.72. The molecule has 0 saturated heterocycles. The van der Waals surface area contributed by atoms with E-state index in [1.54, 1.807) is 0 Å². The summed E-state index contributed by atoms with van der Waals surface area (Å²) in [5.41, 5.74) is 0.893. The second-order valence-corrected chi connectivity index (χ2v) is 9.03. The summed E-state index contributed by atoms with van der Waals surface area (Å²) in [6.07, 6.45) is 9.61. The first-order chi connectivity index (χ1) is 11.2. The van der Waals surface area contributed by atoms with Gasteiger partial charge in [0, 0.05) is 5.41 Å². The van der Waals surface area contributed by atoms with Crippen LogP contribution in [-0.4, -0.2) is 24.3 Å². The highest BCUT2D eigenvalue weighted by molar-refractivity contribution is 5.77. The van der Waals surface area contributed by atoms with Crippen molar-refractivity contribution in [2.45, 2.75) is 65.4 Å². The highest BCUT2D eigenvalue weighted by Gasteiger charge is 2.59. The van der Waals surface area contributed by atoms with Crippen molar-refractivity contribution in [3.05, 3.63) is 24.3 Å². The molecule has 2 saturated carbocycles. The molecule has 3 aliphatic carbocycles. The molecule has 3 heteroatoms. The molecule has 6 unspecified atom stereocenters. The molecule has 0 aromatic heterocycles. The SMILES string of the molecule is C=CC1(C)CC2=CCC3C(C)(C(=O)OC)CCCC3(C)C2CC1O. The number of hydrogen-bond donors (Lipinski definition) is 1. The van der Waals surface area contributed by atoms with Gasteiger partial charge in [0.25, 0.3) is 0 Å². The third-order valence-corrected chi connectivity index (χ3v) is 7.76. The molecule has 0 bridgehead atoms. The molecule has 0 heterocycles. The summed E-state index contributed by atoms with van der Waals surface area (Å²) in [7, 11) is 1.50. The van der Waals surface area contributed by atoms with E-state index in [9.17, 15) is 9.90 Å². The van der Waals surface area contributed by atoms with Crippen LogP contribution >= 0.6 is 0 Å². The summed E-state index contributed by atoms with van der Waals surface area (Å²) in [5.74, 6) is 0.589. The Hall–Kier alpha value is -1.09. The van der Waals surface area contributed by atoms with Crippen LogP contribution in [0.2, 0.25) is 0 Å². The molecular formula is C21H32O3. The number of hydrogen-bond acceptors (Lipinski definition) is 3. The Morgan fingerprint density at radius 3 is 2.71 bits per heavy atom. The normalized spacial score (nSPS) is 47.9. The molecule has 0 radical (unpaired) electrons. The fraction of sp³-hybridized carbons (Fsp3) is 0.762. The van der Waals surface area contributed by atoms with Crippen molar-refractivity contribution in [1.82, 2.24) is 0 Å². The molecule has 3 nitrogen and oxygen atoms in total. The van der Waals surface area contributed by atoms with E-state index < -0.39 is 5.41 Å². The highest BCUT2D eigenvalue weighted by atomic mass is 16.5. The molecule has 2 fully saturated rings. The lowest BCUT2D eigenvalue weighted by molar-refractivity contribution is -0.167. The molecule has 1 N–H and O–H groups in total. The van der Waals surface area contributed by atoms with E-state index in [1.807, 2.05) is 6.08 Å². The van der Waals surface area contributed by atoms with Crippen molar-refractivity contribution in [2.24, 2.45) is 28.1 Å². The lowest BCUT2D eigenvalue weighted by Crippen LogP contribution is -2.55. The minimum absolute atomic E-state index is 0.0642. The van der Waals surface area contributed by atoms with Crippen LogP contribution in [0.15, 0.2) is 24.3 Å². The van der Waals surface area contributed by atoms with Gasteiger partial charge in [0.05, 0.1) is 18.6 Å². The van der Waals surface area contributed by atoms with Gasteiger partial charge in [0.1, 0.15) is 0 Å². The monoisotopic (exact) mass is 332 g/mol. The van der Waals surface area contributed by atoms with Crippen LogP contribution in [-0.2, 0) is 9.53 Å². The Kier molecular flexibility index (Phi) is 4.23. The summed E-state index contributed by atoms with van der Waals surface area (Å²) in [4.78, 5) is 12.6. The van der Waals surface area contributed by atoms with E-state index in [0.717, 1.165) is 38.5 Å². The van der Waals surface area contributed by atoms with Gasteiger partial charge < -0.3 is 9.84 Å². The number of ether oxygens (including phenoxy) is 1. The molecule has 3 rings (SSSR count). The van der Waals surface area contributed by atoms with Crippen molar-refractivity contribution in [3.63, 3.8) is 0 Å². The van der Waals surface area contributed by atoms with Crippen LogP contribution in [0.4, 0.5) is 0 Å². The maximum Gasteiger partial charge on any atom is 0.311 e. The number of allylic oxidation sites excluding steroid dienone is 2. The molecule has 0 spiro atoms. The fourth-order valence-corrected chi connectivity index (χ4v) is 6.05. The quantitative estimate of drug-likeness (QED) is 0.607. The summed E-state index contributed by atoms with van der Waals surface area (Å²) < 4.78 is 5.17. The first kappa shape index (κ1) is 17.7. The molecule has 0 amide bonds. The number of carbonyl (C=O) groups is 1. The van der Waals surface area contributed by atoms with Crippen molar-refractivity contribution >= 4 is 5.97 Å². The maximum absolute atomic E-state index is 12.6. The van der Waals surface area contributed by atoms with Gasteiger partial charge in [-0.05, 0) is 56.3 Å². The maximum atomic E-state index is 12.6. The van der Waals surface area contributed by atoms with Gasteiger partial charge in [0.2, 0.25) is 0 Å². The van der Waals surface area contributed by atoms with E-state index >= 15 is 0 Å². The van der Waals surface area contributed by atoms with Crippen LogP contribution in [0.3, 0.4) is 0 Å². The van der Waals surface area contributed by atoms with Gasteiger partial charge in [-0.25, -0.2) is 0 Å². The Morgan fingerprint density at radius 2 is 2.08 bits per heavy atom. The van der Waals surface area contributed by atoms with Crippen LogP contribution in [0.1, 0.15) is 59.3 Å². The van der Waals surface area contributed by atoms with Crippen LogP contribution in [0.25, 0.3) is 0 Å². The average molecular weight is 332 g/mol. The van der Waals surface area contributed by atoms with Gasteiger partial charge in [-0.15, -0.1) is 6.58 Å². The third kappa shape index (κ3) is 2.31. The van der Waals surface area contributed by atoms with Gasteiger partial charge in [-0.1, -0.05) is 38.0 Å². The zero-order valence-corrected chi connectivity index (χ0v) is 15.6. The van der Waals surface area contributed by atoms with Crippen molar-refractivity contribution in [1.29, 1.82) is 0 Å². The minimum atomic E-state index is -0.409. The lowest BCUT2D eigenvalue weighted by Gasteiger charge is -2.59. The standard InChI is InChI=1S/C21H32O3/c1-6-19(2)13-14-8-9-16-20(3,15(14)12-17(19)22)10-7-11-21(16,4)18(23)24-5/h6,8,15-17,22H,1,7,9-13H2,2-5H3. The first-order valence-corrected chi connectivity index (χ1v) is 9.30. The van der Waals surface area contributed by atoms with Crippen LogP contribution in [0, 0.1) is 28.1 Å². The number of aliphatic hydroxyl groups excluding tert-OH is 1. The molecule has 0 aromatic carbocycles. The van der Waals surface area contributed by atoms with E-state index in [2.05, 4.69) is 33.4 Å². The predicted octanol–water partition coefficient (Wildman–Crippen LogP) is 4.27. The Bertz CT molecular complexity index is 580. The van der Waals surface area contributed by atoms with Crippen LogP contribution < -0.4 is 0 Å².